The van der Waals surface area contributed by atoms with Crippen molar-refractivity contribution in [2.24, 2.45) is 11.8 Å². The number of aromatic nitrogens is 2. The highest BCUT2D eigenvalue weighted by Crippen LogP contribution is 2.47. The molecule has 6 aromatic carbocycles. The molecular formula is C94H111N13O14S2. The smallest absolute Gasteiger partial charge is 0.410 e. The van der Waals surface area contributed by atoms with Gasteiger partial charge in [-0.25, -0.2) is 24.4 Å². The van der Waals surface area contributed by atoms with Crippen LogP contribution in [-0.2, 0) is 52.6 Å². The second kappa shape index (κ2) is 40.4. The van der Waals surface area contributed by atoms with Gasteiger partial charge in [-0.3, -0.25) is 48.2 Å². The Morgan fingerprint density at radius 3 is 1.18 bits per heavy atom. The Kier molecular flexibility index (Phi) is 29.2. The number of anilines is 4. The summed E-state index contributed by atoms with van der Waals surface area (Å²) < 4.78 is 17.3. The van der Waals surface area contributed by atoms with Gasteiger partial charge < -0.3 is 60.8 Å². The fourth-order valence-electron chi connectivity index (χ4n) is 17.3. The number of hydrogen-bond donors (Lipinski definition) is 6. The number of nitrogens with zero attached hydrogens (tertiary/aromatic N) is 7. The molecule has 0 spiro atoms. The number of rotatable bonds is 26. The van der Waals surface area contributed by atoms with E-state index in [1.165, 1.54) is 40.1 Å². The van der Waals surface area contributed by atoms with Crippen molar-refractivity contribution < 1.29 is 67.0 Å². The van der Waals surface area contributed by atoms with Crippen molar-refractivity contribution in [3.8, 4) is 44.8 Å². The number of benzene rings is 6. The largest absolute Gasteiger partial charge is 0.448 e. The SMILES string of the molecule is CCCC(=O)Nc1nc(-c2ccccc2)c(NC(=O)[C@@H]2CCCN2C(=O)[C@@H](NC(=O)[C@H](C)N(C)C(=O)OCC2c3ccccc3-c3ccccc32)C2CCCCC2)s1.CCCC(=O)Nc1nc(-c2ccccc2)c(NC(=O)[C@@H]2CCCN2C(=O)[C@@H](NC(=O)[C@H](C)N(C)C(=O)OCC2c3ccccc3-c3ccccc32)C2CCN(C(=O)OC(C)(C)C)CC2)s1. The molecule has 6 aliphatic rings. The first-order valence-electron chi connectivity index (χ1n) is 43.0. The van der Waals surface area contributed by atoms with Crippen LogP contribution in [0.1, 0.15) is 179 Å². The Morgan fingerprint density at radius 2 is 0.813 bits per heavy atom. The third-order valence-corrected chi connectivity index (χ3v) is 25.8. The Balaban J connectivity index is 0.000000213. The van der Waals surface area contributed by atoms with Crippen LogP contribution in [0.25, 0.3) is 44.8 Å². The normalized spacial score (nSPS) is 17.2. The van der Waals surface area contributed by atoms with E-state index in [0.717, 1.165) is 99.1 Å². The Hall–Kier alpha value is -11.9. The summed E-state index contributed by atoms with van der Waals surface area (Å²) in [5.41, 5.74) is 10.6. The lowest BCUT2D eigenvalue weighted by Gasteiger charge is -2.38. The molecule has 14 rings (SSSR count). The minimum Gasteiger partial charge on any atom is -0.448 e. The number of carbonyl (C=O) groups is 11. The first-order valence-corrected chi connectivity index (χ1v) is 44.6. The maximum atomic E-state index is 14.9. The van der Waals surface area contributed by atoms with Gasteiger partial charge in [0, 0.05) is 76.1 Å². The van der Waals surface area contributed by atoms with Crippen molar-refractivity contribution in [2.75, 3.05) is 74.8 Å². The number of likely N-dealkylation sites (N-methyl/N-ethyl adjacent to an activating group) is 2. The second-order valence-electron chi connectivity index (χ2n) is 33.4. The maximum absolute atomic E-state index is 14.9. The molecule has 123 heavy (non-hydrogen) atoms. The molecule has 1 saturated carbocycles. The van der Waals surface area contributed by atoms with Crippen LogP contribution in [0, 0.1) is 11.8 Å². The lowest BCUT2D eigenvalue weighted by atomic mass is 9.83. The second-order valence-corrected chi connectivity index (χ2v) is 35.4. The maximum Gasteiger partial charge on any atom is 0.410 e. The molecule has 3 aliphatic heterocycles. The summed E-state index contributed by atoms with van der Waals surface area (Å²) in [5.74, 6) is -3.67. The van der Waals surface area contributed by atoms with Gasteiger partial charge in [-0.1, -0.05) is 214 Å². The van der Waals surface area contributed by atoms with Gasteiger partial charge in [-0.15, -0.1) is 0 Å². The zero-order valence-electron chi connectivity index (χ0n) is 71.3. The number of fused-ring (bicyclic) bond motifs is 6. The third kappa shape index (κ3) is 21.1. The molecule has 3 aliphatic carbocycles. The van der Waals surface area contributed by atoms with E-state index in [-0.39, 0.29) is 61.1 Å². The number of carbonyl (C=O) groups excluding carboxylic acids is 11. The Labute approximate surface area is 726 Å². The van der Waals surface area contributed by atoms with Gasteiger partial charge in [0.1, 0.15) is 76.5 Å². The highest BCUT2D eigenvalue weighted by atomic mass is 32.1. The van der Waals surface area contributed by atoms with E-state index < -0.39 is 89.7 Å². The predicted molar refractivity (Wildman–Crippen MR) is 474 cm³/mol. The first kappa shape index (κ1) is 88.9. The molecule has 5 heterocycles. The van der Waals surface area contributed by atoms with Crippen molar-refractivity contribution in [3.05, 3.63) is 180 Å². The summed E-state index contributed by atoms with van der Waals surface area (Å²) in [6.45, 7) is 13.9. The van der Waals surface area contributed by atoms with Gasteiger partial charge in [0.05, 0.1) is 0 Å². The molecule has 6 atom stereocenters. The third-order valence-electron chi connectivity index (χ3n) is 24.0. The monoisotopic (exact) mass is 1710 g/mol. The zero-order valence-corrected chi connectivity index (χ0v) is 72.9. The highest BCUT2D eigenvalue weighted by molar-refractivity contribution is 7.20. The summed E-state index contributed by atoms with van der Waals surface area (Å²) in [5, 5.41) is 19.4. The van der Waals surface area contributed by atoms with E-state index in [4.69, 9.17) is 14.2 Å². The van der Waals surface area contributed by atoms with Gasteiger partial charge in [0.15, 0.2) is 10.3 Å². The van der Waals surface area contributed by atoms with E-state index in [1.807, 2.05) is 135 Å². The van der Waals surface area contributed by atoms with Crippen molar-refractivity contribution in [1.82, 2.24) is 45.1 Å². The molecule has 0 bridgehead atoms. The minimum atomic E-state index is -1.07. The van der Waals surface area contributed by atoms with Crippen LogP contribution in [0.15, 0.2) is 158 Å². The number of thiazole rings is 2. The summed E-state index contributed by atoms with van der Waals surface area (Å²) in [4.78, 5) is 167. The molecule has 2 aromatic heterocycles. The van der Waals surface area contributed by atoms with E-state index >= 15 is 0 Å². The number of piperidine rings is 1. The van der Waals surface area contributed by atoms with E-state index in [9.17, 15) is 52.7 Å². The number of hydrogen-bond acceptors (Lipinski definition) is 18. The van der Waals surface area contributed by atoms with Crippen LogP contribution in [0.3, 0.4) is 0 Å². The molecule has 648 valence electrons. The summed E-state index contributed by atoms with van der Waals surface area (Å²) in [6, 6.07) is 45.5. The topological polar surface area (TPSA) is 330 Å². The minimum absolute atomic E-state index is 0.0739. The summed E-state index contributed by atoms with van der Waals surface area (Å²) in [6.07, 6.45) is 7.51. The van der Waals surface area contributed by atoms with E-state index in [0.29, 0.717) is 115 Å². The fraction of sp³-hybridized carbons (Fsp3) is 0.436. The number of ether oxygens (including phenoxy) is 3. The van der Waals surface area contributed by atoms with Gasteiger partial charge in [0.25, 0.3) is 0 Å². The van der Waals surface area contributed by atoms with Crippen molar-refractivity contribution in [2.45, 2.75) is 198 Å². The molecule has 27 nitrogen and oxygen atoms in total. The lowest BCUT2D eigenvalue weighted by molar-refractivity contribution is -0.142. The number of nitrogens with one attached hydrogen (secondary N) is 6. The predicted octanol–water partition coefficient (Wildman–Crippen LogP) is 15.7. The molecule has 29 heteroatoms. The van der Waals surface area contributed by atoms with Crippen molar-refractivity contribution in [3.63, 3.8) is 0 Å². The molecule has 8 aromatic rings. The molecule has 6 N–H and O–H groups in total. The fourth-order valence-corrected chi connectivity index (χ4v) is 19.1. The summed E-state index contributed by atoms with van der Waals surface area (Å²) in [7, 11) is 3.02. The first-order chi connectivity index (χ1) is 59.3. The average molecular weight is 1710 g/mol. The van der Waals surface area contributed by atoms with Crippen molar-refractivity contribution in [1.29, 1.82) is 0 Å². The van der Waals surface area contributed by atoms with Crippen LogP contribution >= 0.6 is 22.7 Å². The van der Waals surface area contributed by atoms with Crippen LogP contribution in [0.5, 0.6) is 0 Å². The molecule has 0 unspecified atom stereocenters. The number of likely N-dealkylation sites (tertiary alicyclic amines) is 3. The highest BCUT2D eigenvalue weighted by Gasteiger charge is 2.46. The zero-order chi connectivity index (χ0) is 87.2. The van der Waals surface area contributed by atoms with Crippen molar-refractivity contribution >= 4 is 108 Å². The summed E-state index contributed by atoms with van der Waals surface area (Å²) >= 11 is 2.32. The lowest BCUT2D eigenvalue weighted by Crippen LogP contribution is -2.59. The van der Waals surface area contributed by atoms with Crippen LogP contribution in [0.4, 0.5) is 34.6 Å². The molecule has 3 saturated heterocycles. The molecule has 11 amide bonds. The quantitative estimate of drug-likeness (QED) is 0.0274. The standard InChI is InChI=1S/C49H59N7O8S.C45H52N6O6S/c1-7-16-39(57)50-46-52-40(31-17-9-8-10-18-31)44(65-46)53-43(59)38-23-15-26-56(38)45(60)41(32-24-27-55(28-25-32)48(62)64-49(3,4)5)51-42(58)30(2)54(6)47(61)63-29-37-35-21-13-11-19-33(35)34-20-12-14-22-36(34)37;1-4-16-37(52)46-44-48-38(29-17-7-5-8-18-29)42(58-44)49-41(54)36-25-15-26-51(36)43(55)39(30-19-9-6-10-20-30)47-40(53)28(2)50(3)45(56)57-27-35-33-23-13-11-21-31(33)32-22-12-14-24-34(32)35/h8-14,17-22,30,32,37-38,41H,7,15-16,23-29H2,1-6H3,(H,51,58)(H,53,59)(H,50,52,57);5,7-8,11-14,17-18,21-24,28,30,35-36,39H,4,6,9-10,15-16,19-20,25-27H2,1-3H3,(H,47,53)(H,49,54)(H,46,48,52)/t30-,38-,41-;28-,36-,39-/m00/s1. The van der Waals surface area contributed by atoms with Crippen LogP contribution in [0.2, 0.25) is 0 Å². The van der Waals surface area contributed by atoms with E-state index in [1.54, 1.807) is 44.4 Å². The Morgan fingerprint density at radius 1 is 0.455 bits per heavy atom. The van der Waals surface area contributed by atoms with Gasteiger partial charge in [-0.2, -0.15) is 0 Å². The van der Waals surface area contributed by atoms with Gasteiger partial charge >= 0.3 is 18.3 Å². The van der Waals surface area contributed by atoms with Gasteiger partial charge in [0.2, 0.25) is 47.3 Å². The van der Waals surface area contributed by atoms with Gasteiger partial charge in [-0.05, 0) is 155 Å². The molecule has 0 radical (unpaired) electrons. The van der Waals surface area contributed by atoms with Crippen LogP contribution in [-0.4, -0.2) is 195 Å². The average Bonchev–Trinajstić information content (AvgIpc) is 1.62. The number of amides is 11. The van der Waals surface area contributed by atoms with Crippen LogP contribution < -0.4 is 31.9 Å². The Bertz CT molecular complexity index is 5070. The molecule has 4 fully saturated rings. The van der Waals surface area contributed by atoms with E-state index in [2.05, 4.69) is 78.3 Å². The molecular weight excluding hydrogens is 1600 g/mol.